The first-order valence-corrected chi connectivity index (χ1v) is 9.34. The molecule has 1 aromatic carbocycles. The van der Waals surface area contributed by atoms with Crippen molar-refractivity contribution in [3.05, 3.63) is 24.3 Å². The second kappa shape index (κ2) is 10.1. The zero-order chi connectivity index (χ0) is 17.2. The summed E-state index contributed by atoms with van der Waals surface area (Å²) in [7, 11) is 0. The van der Waals surface area contributed by atoms with Gasteiger partial charge in [-0.2, -0.15) is 0 Å². The average molecular weight is 330 g/mol. The van der Waals surface area contributed by atoms with Crippen molar-refractivity contribution in [1.29, 1.82) is 0 Å². The van der Waals surface area contributed by atoms with Gasteiger partial charge in [-0.3, -0.25) is 9.59 Å². The summed E-state index contributed by atoms with van der Waals surface area (Å²) in [5.41, 5.74) is 7.08. The van der Waals surface area contributed by atoms with E-state index in [4.69, 9.17) is 5.73 Å². The molecule has 0 aliphatic heterocycles. The van der Waals surface area contributed by atoms with Crippen molar-refractivity contribution in [2.45, 2.75) is 70.6 Å². The molecule has 3 N–H and O–H groups in total. The normalized spacial score (nSPS) is 15.2. The van der Waals surface area contributed by atoms with E-state index in [0.717, 1.165) is 44.9 Å². The van der Waals surface area contributed by atoms with Crippen molar-refractivity contribution >= 4 is 23.1 Å². The number of ketones is 1. The molecule has 1 amide bonds. The van der Waals surface area contributed by atoms with Gasteiger partial charge in [-0.05, 0) is 37.8 Å². The smallest absolute Gasteiger partial charge is 0.224 e. The highest BCUT2D eigenvalue weighted by atomic mass is 16.1. The molecule has 0 heterocycles. The summed E-state index contributed by atoms with van der Waals surface area (Å²) in [5.74, 6) is 0.805. The molecule has 2 rings (SSSR count). The van der Waals surface area contributed by atoms with E-state index in [0.29, 0.717) is 29.5 Å². The van der Waals surface area contributed by atoms with Crippen LogP contribution in [0.1, 0.15) is 70.6 Å². The fourth-order valence-corrected chi connectivity index (χ4v) is 3.39. The van der Waals surface area contributed by atoms with Gasteiger partial charge >= 0.3 is 0 Å². The van der Waals surface area contributed by atoms with Gasteiger partial charge in [0, 0.05) is 18.8 Å². The highest BCUT2D eigenvalue weighted by Crippen LogP contribution is 2.26. The summed E-state index contributed by atoms with van der Waals surface area (Å²) >= 11 is 0. The van der Waals surface area contributed by atoms with Gasteiger partial charge in [-0.25, -0.2) is 0 Å². The number of para-hydroxylation sites is 2. The number of nitrogens with two attached hydrogens (primary N) is 1. The number of carbonyl (C=O) groups excluding carboxylic acids is 2. The number of nitrogen functional groups attached to an aromatic ring is 1. The van der Waals surface area contributed by atoms with Crippen LogP contribution in [0.5, 0.6) is 0 Å². The molecule has 0 unspecified atom stereocenters. The first-order valence-electron chi connectivity index (χ1n) is 9.34. The van der Waals surface area contributed by atoms with Gasteiger partial charge in [0.05, 0.1) is 11.4 Å². The van der Waals surface area contributed by atoms with Gasteiger partial charge in [0.1, 0.15) is 5.78 Å². The number of rotatable bonds is 9. The van der Waals surface area contributed by atoms with Crippen molar-refractivity contribution in [2.24, 2.45) is 5.92 Å². The van der Waals surface area contributed by atoms with E-state index in [1.807, 2.05) is 18.2 Å². The van der Waals surface area contributed by atoms with E-state index in [1.165, 1.54) is 19.3 Å². The largest absolute Gasteiger partial charge is 0.397 e. The maximum atomic E-state index is 12.1. The van der Waals surface area contributed by atoms with Gasteiger partial charge < -0.3 is 11.1 Å². The van der Waals surface area contributed by atoms with E-state index in [9.17, 15) is 9.59 Å². The molecule has 1 fully saturated rings. The van der Waals surface area contributed by atoms with Crippen LogP contribution in [0, 0.1) is 5.92 Å². The highest BCUT2D eigenvalue weighted by molar-refractivity contribution is 5.93. The van der Waals surface area contributed by atoms with Crippen LogP contribution >= 0.6 is 0 Å². The number of carbonyl (C=O) groups is 2. The van der Waals surface area contributed by atoms with E-state index in [2.05, 4.69) is 5.32 Å². The first-order chi connectivity index (χ1) is 11.7. The summed E-state index contributed by atoms with van der Waals surface area (Å²) in [5, 5.41) is 2.84. The lowest BCUT2D eigenvalue weighted by atomic mass is 9.84. The van der Waals surface area contributed by atoms with Crippen molar-refractivity contribution < 1.29 is 9.59 Å². The van der Waals surface area contributed by atoms with Crippen molar-refractivity contribution in [2.75, 3.05) is 11.1 Å². The minimum Gasteiger partial charge on any atom is -0.397 e. The van der Waals surface area contributed by atoms with Crippen LogP contribution in [-0.2, 0) is 9.59 Å². The number of Topliss-reactive ketones (excluding diaryl/α,β-unsaturated/α-hetero) is 1. The molecule has 1 aliphatic rings. The molecule has 4 nitrogen and oxygen atoms in total. The monoisotopic (exact) mass is 330 g/mol. The van der Waals surface area contributed by atoms with Gasteiger partial charge in [-0.15, -0.1) is 0 Å². The molecule has 1 aliphatic carbocycles. The Balaban J connectivity index is 1.52. The molecule has 24 heavy (non-hydrogen) atoms. The number of hydrogen-bond acceptors (Lipinski definition) is 3. The molecule has 0 atom stereocenters. The van der Waals surface area contributed by atoms with Crippen LogP contribution in [-0.4, -0.2) is 11.7 Å². The summed E-state index contributed by atoms with van der Waals surface area (Å²) in [6, 6.07) is 7.29. The third kappa shape index (κ3) is 6.34. The minimum absolute atomic E-state index is 0.00572. The maximum Gasteiger partial charge on any atom is 0.224 e. The number of anilines is 2. The molecule has 1 aromatic rings. The summed E-state index contributed by atoms with van der Waals surface area (Å²) < 4.78 is 0. The lowest BCUT2D eigenvalue weighted by Gasteiger charge is -2.20. The van der Waals surface area contributed by atoms with Gasteiger partial charge in [-0.1, -0.05) is 44.2 Å². The number of hydrogen-bond donors (Lipinski definition) is 2. The zero-order valence-corrected chi connectivity index (χ0v) is 14.6. The van der Waals surface area contributed by atoms with Gasteiger partial charge in [0.25, 0.3) is 0 Å². The Morgan fingerprint density at radius 3 is 2.33 bits per heavy atom. The van der Waals surface area contributed by atoms with Crippen LogP contribution < -0.4 is 11.1 Å². The Kier molecular flexibility index (Phi) is 7.80. The van der Waals surface area contributed by atoms with Crippen LogP contribution in [0.2, 0.25) is 0 Å². The number of nitrogens with one attached hydrogen (secondary N) is 1. The topological polar surface area (TPSA) is 72.2 Å². The van der Waals surface area contributed by atoms with Gasteiger partial charge in [0.2, 0.25) is 5.91 Å². The molecule has 0 radical (unpaired) electrons. The standard InChI is InChI=1S/C20H30N2O2/c21-17-12-8-9-13-18(17)22-20(24)15-7-2-1-6-14-19(23)16-10-4-3-5-11-16/h8-9,12-13,16H,1-7,10-11,14-15,21H2,(H,22,24). The molecule has 0 aromatic heterocycles. The third-order valence-electron chi connectivity index (χ3n) is 4.87. The zero-order valence-electron chi connectivity index (χ0n) is 14.6. The number of unbranched alkanes of at least 4 members (excludes halogenated alkanes) is 3. The average Bonchev–Trinajstić information content (AvgIpc) is 2.60. The summed E-state index contributed by atoms with van der Waals surface area (Å²) in [6.45, 7) is 0. The highest BCUT2D eigenvalue weighted by Gasteiger charge is 2.20. The lowest BCUT2D eigenvalue weighted by Crippen LogP contribution is -2.17. The van der Waals surface area contributed by atoms with Crippen LogP contribution in [0.3, 0.4) is 0 Å². The van der Waals surface area contributed by atoms with Crippen LogP contribution in [0.25, 0.3) is 0 Å². The fourth-order valence-electron chi connectivity index (χ4n) is 3.39. The molecule has 0 spiro atoms. The second-order valence-electron chi connectivity index (χ2n) is 6.85. The maximum absolute atomic E-state index is 12.1. The number of amides is 1. The van der Waals surface area contributed by atoms with E-state index >= 15 is 0 Å². The predicted octanol–water partition coefficient (Wildman–Crippen LogP) is 4.70. The Morgan fingerprint density at radius 1 is 0.958 bits per heavy atom. The minimum atomic E-state index is 0.00572. The van der Waals surface area contributed by atoms with Crippen LogP contribution in [0.15, 0.2) is 24.3 Å². The molecular weight excluding hydrogens is 300 g/mol. The van der Waals surface area contributed by atoms with Crippen molar-refractivity contribution in [1.82, 2.24) is 0 Å². The quantitative estimate of drug-likeness (QED) is 0.509. The third-order valence-corrected chi connectivity index (χ3v) is 4.87. The first kappa shape index (κ1) is 18.5. The van der Waals surface area contributed by atoms with E-state index in [-0.39, 0.29) is 5.91 Å². The molecule has 1 saturated carbocycles. The lowest BCUT2D eigenvalue weighted by molar-refractivity contribution is -0.124. The van der Waals surface area contributed by atoms with E-state index in [1.54, 1.807) is 6.07 Å². The van der Waals surface area contributed by atoms with Crippen LogP contribution in [0.4, 0.5) is 11.4 Å². The predicted molar refractivity (Wildman–Crippen MR) is 98.8 cm³/mol. The Hall–Kier alpha value is -1.84. The second-order valence-corrected chi connectivity index (χ2v) is 6.85. The van der Waals surface area contributed by atoms with Crippen molar-refractivity contribution in [3.8, 4) is 0 Å². The molecule has 0 saturated heterocycles. The Morgan fingerprint density at radius 2 is 1.62 bits per heavy atom. The molecular formula is C20H30N2O2. The molecule has 4 heteroatoms. The Bertz CT molecular complexity index is 536. The molecule has 0 bridgehead atoms. The molecule has 132 valence electrons. The Labute approximate surface area is 145 Å². The fraction of sp³-hybridized carbons (Fsp3) is 0.600. The van der Waals surface area contributed by atoms with Crippen molar-refractivity contribution in [3.63, 3.8) is 0 Å². The van der Waals surface area contributed by atoms with Gasteiger partial charge in [0.15, 0.2) is 0 Å². The summed E-state index contributed by atoms with van der Waals surface area (Å²) in [6.07, 6.45) is 11.0. The number of benzene rings is 1. The summed E-state index contributed by atoms with van der Waals surface area (Å²) in [4.78, 5) is 24.0. The van der Waals surface area contributed by atoms with E-state index < -0.39 is 0 Å². The SMILES string of the molecule is Nc1ccccc1NC(=O)CCCCCCC(=O)C1CCCCC1.